The van der Waals surface area contributed by atoms with Crippen LogP contribution in [0.15, 0.2) is 0 Å². The number of aliphatic hydroxyl groups excluding tert-OH is 1. The first-order valence-electron chi connectivity index (χ1n) is 3.46. The van der Waals surface area contributed by atoms with Crippen LogP contribution in [0, 0.1) is 0 Å². The van der Waals surface area contributed by atoms with Crippen LogP contribution in [0.1, 0.15) is 20.8 Å². The van der Waals surface area contributed by atoms with E-state index in [1.165, 1.54) is 6.92 Å². The molecule has 0 bridgehead atoms. The lowest BCUT2D eigenvalue weighted by Gasteiger charge is -2.26. The number of hydrogen-bond acceptors (Lipinski definition) is 4. The summed E-state index contributed by atoms with van der Waals surface area (Å²) in [5, 5.41) is 9.08. The third-order valence-electron chi connectivity index (χ3n) is 1.54. The SMILES string of the molecule is CC(=O)OCC(C)(N)C(C)O. The van der Waals surface area contributed by atoms with E-state index >= 15 is 0 Å². The Morgan fingerprint density at radius 3 is 2.55 bits per heavy atom. The lowest BCUT2D eigenvalue weighted by atomic mass is 9.99. The molecule has 0 amide bonds. The first-order chi connectivity index (χ1) is 4.86. The minimum atomic E-state index is -0.855. The molecule has 3 N–H and O–H groups in total. The van der Waals surface area contributed by atoms with Crippen molar-refractivity contribution in [1.82, 2.24) is 0 Å². The Bertz CT molecular complexity index is 143. The molecule has 0 radical (unpaired) electrons. The third-order valence-corrected chi connectivity index (χ3v) is 1.54. The van der Waals surface area contributed by atoms with Crippen molar-refractivity contribution in [3.05, 3.63) is 0 Å². The molecule has 0 rings (SSSR count). The Balaban J connectivity index is 3.82. The van der Waals surface area contributed by atoms with E-state index in [-0.39, 0.29) is 12.6 Å². The van der Waals surface area contributed by atoms with Gasteiger partial charge in [-0.15, -0.1) is 0 Å². The van der Waals surface area contributed by atoms with Gasteiger partial charge in [0.05, 0.1) is 11.6 Å². The maximum atomic E-state index is 10.4. The maximum absolute atomic E-state index is 10.4. The first-order valence-corrected chi connectivity index (χ1v) is 3.46. The van der Waals surface area contributed by atoms with E-state index in [1.54, 1.807) is 13.8 Å². The largest absolute Gasteiger partial charge is 0.464 e. The Morgan fingerprint density at radius 2 is 2.27 bits per heavy atom. The lowest BCUT2D eigenvalue weighted by Crippen LogP contribution is -2.50. The van der Waals surface area contributed by atoms with E-state index in [4.69, 9.17) is 10.8 Å². The van der Waals surface area contributed by atoms with Crippen LogP contribution in [-0.4, -0.2) is 29.3 Å². The lowest BCUT2D eigenvalue weighted by molar-refractivity contribution is -0.143. The molecule has 4 heteroatoms. The van der Waals surface area contributed by atoms with Crippen LogP contribution in [0.4, 0.5) is 0 Å². The number of ether oxygens (including phenoxy) is 1. The van der Waals surface area contributed by atoms with Crippen LogP contribution in [0.25, 0.3) is 0 Å². The summed E-state index contributed by atoms with van der Waals surface area (Å²) in [5.74, 6) is -0.387. The summed E-state index contributed by atoms with van der Waals surface area (Å²) >= 11 is 0. The highest BCUT2D eigenvalue weighted by Gasteiger charge is 2.25. The van der Waals surface area contributed by atoms with Crippen LogP contribution in [0.3, 0.4) is 0 Å². The van der Waals surface area contributed by atoms with Crippen LogP contribution < -0.4 is 5.73 Å². The zero-order valence-electron chi connectivity index (χ0n) is 7.13. The van der Waals surface area contributed by atoms with Gasteiger partial charge in [0.25, 0.3) is 0 Å². The Hall–Kier alpha value is -0.610. The molecule has 0 aliphatic heterocycles. The minimum Gasteiger partial charge on any atom is -0.464 e. The Kier molecular flexibility index (Phi) is 3.48. The number of hydrogen-bond donors (Lipinski definition) is 2. The van der Waals surface area contributed by atoms with Gasteiger partial charge >= 0.3 is 5.97 Å². The average Bonchev–Trinajstić information content (AvgIpc) is 1.84. The van der Waals surface area contributed by atoms with Crippen molar-refractivity contribution in [2.24, 2.45) is 5.73 Å². The first kappa shape index (κ1) is 10.4. The molecule has 66 valence electrons. The van der Waals surface area contributed by atoms with E-state index in [1.807, 2.05) is 0 Å². The molecule has 0 aromatic heterocycles. The molecule has 0 saturated heterocycles. The summed E-state index contributed by atoms with van der Waals surface area (Å²) in [6, 6.07) is 0. The van der Waals surface area contributed by atoms with Crippen molar-refractivity contribution in [2.45, 2.75) is 32.4 Å². The Labute approximate surface area is 66.3 Å². The summed E-state index contributed by atoms with van der Waals surface area (Å²) < 4.78 is 4.64. The van der Waals surface area contributed by atoms with Crippen LogP contribution >= 0.6 is 0 Å². The summed E-state index contributed by atoms with van der Waals surface area (Å²) in [6.07, 6.45) is -0.693. The van der Waals surface area contributed by atoms with Crippen molar-refractivity contribution in [1.29, 1.82) is 0 Å². The molecule has 2 unspecified atom stereocenters. The molecule has 0 spiro atoms. The molecule has 11 heavy (non-hydrogen) atoms. The van der Waals surface area contributed by atoms with Gasteiger partial charge in [0.1, 0.15) is 6.61 Å². The molecular formula is C7H15NO3. The fourth-order valence-electron chi connectivity index (χ4n) is 0.378. The smallest absolute Gasteiger partial charge is 0.302 e. The molecule has 0 aliphatic rings. The molecule has 0 heterocycles. The normalized spacial score (nSPS) is 18.6. The van der Waals surface area contributed by atoms with Crippen LogP contribution in [0.2, 0.25) is 0 Å². The fourth-order valence-corrected chi connectivity index (χ4v) is 0.378. The van der Waals surface area contributed by atoms with Crippen molar-refractivity contribution in [2.75, 3.05) is 6.61 Å². The second-order valence-corrected chi connectivity index (χ2v) is 2.96. The van der Waals surface area contributed by atoms with Gasteiger partial charge in [-0.1, -0.05) is 0 Å². The summed E-state index contributed by atoms with van der Waals surface area (Å²) in [6.45, 7) is 4.53. The van der Waals surface area contributed by atoms with Gasteiger partial charge in [-0.2, -0.15) is 0 Å². The molecule has 0 aromatic rings. The summed E-state index contributed by atoms with van der Waals surface area (Å²) in [7, 11) is 0. The minimum absolute atomic E-state index is 0.0417. The molecular weight excluding hydrogens is 146 g/mol. The highest BCUT2D eigenvalue weighted by Crippen LogP contribution is 2.05. The van der Waals surface area contributed by atoms with E-state index < -0.39 is 11.6 Å². The highest BCUT2D eigenvalue weighted by molar-refractivity contribution is 5.65. The van der Waals surface area contributed by atoms with Gasteiger partial charge < -0.3 is 15.6 Å². The van der Waals surface area contributed by atoms with Gasteiger partial charge in [0.2, 0.25) is 0 Å². The molecule has 0 aliphatic carbocycles. The third kappa shape index (κ3) is 3.95. The van der Waals surface area contributed by atoms with Gasteiger partial charge in [0, 0.05) is 6.92 Å². The van der Waals surface area contributed by atoms with Crippen LogP contribution in [0.5, 0.6) is 0 Å². The number of aliphatic hydroxyl groups is 1. The van der Waals surface area contributed by atoms with E-state index in [0.29, 0.717) is 0 Å². The highest BCUT2D eigenvalue weighted by atomic mass is 16.5. The van der Waals surface area contributed by atoms with Crippen LogP contribution in [-0.2, 0) is 9.53 Å². The predicted octanol–water partition coefficient (Wildman–Crippen LogP) is -0.352. The number of rotatable bonds is 3. The number of nitrogens with two attached hydrogens (primary N) is 1. The zero-order chi connectivity index (χ0) is 9.07. The van der Waals surface area contributed by atoms with Gasteiger partial charge in [0.15, 0.2) is 0 Å². The maximum Gasteiger partial charge on any atom is 0.302 e. The van der Waals surface area contributed by atoms with Gasteiger partial charge in [-0.05, 0) is 13.8 Å². The van der Waals surface area contributed by atoms with Crippen molar-refractivity contribution >= 4 is 5.97 Å². The average molecular weight is 161 g/mol. The molecule has 0 saturated carbocycles. The molecule has 0 aromatic carbocycles. The topological polar surface area (TPSA) is 72.5 Å². The Morgan fingerprint density at radius 1 is 1.82 bits per heavy atom. The van der Waals surface area contributed by atoms with E-state index in [0.717, 1.165) is 0 Å². The summed E-state index contributed by atoms with van der Waals surface area (Å²) in [4.78, 5) is 10.4. The second-order valence-electron chi connectivity index (χ2n) is 2.96. The number of esters is 1. The molecule has 2 atom stereocenters. The fraction of sp³-hybridized carbons (Fsp3) is 0.857. The number of carbonyl (C=O) groups is 1. The quantitative estimate of drug-likeness (QED) is 0.555. The predicted molar refractivity (Wildman–Crippen MR) is 40.9 cm³/mol. The van der Waals surface area contributed by atoms with E-state index in [9.17, 15) is 4.79 Å². The molecule has 4 nitrogen and oxygen atoms in total. The van der Waals surface area contributed by atoms with Gasteiger partial charge in [-0.3, -0.25) is 4.79 Å². The number of carbonyl (C=O) groups excluding carboxylic acids is 1. The monoisotopic (exact) mass is 161 g/mol. The van der Waals surface area contributed by atoms with E-state index in [2.05, 4.69) is 4.74 Å². The van der Waals surface area contributed by atoms with Crippen molar-refractivity contribution in [3.63, 3.8) is 0 Å². The van der Waals surface area contributed by atoms with Crippen molar-refractivity contribution in [3.8, 4) is 0 Å². The summed E-state index contributed by atoms with van der Waals surface area (Å²) in [5.41, 5.74) is 4.73. The second kappa shape index (κ2) is 3.69. The standard InChI is InChI=1S/C7H15NO3/c1-5(9)7(3,8)4-11-6(2)10/h5,9H,4,8H2,1-3H3. The van der Waals surface area contributed by atoms with Crippen molar-refractivity contribution < 1.29 is 14.6 Å². The van der Waals surface area contributed by atoms with Gasteiger partial charge in [-0.25, -0.2) is 0 Å². The zero-order valence-corrected chi connectivity index (χ0v) is 7.13. The molecule has 0 fully saturated rings.